The number of aromatic nitrogens is 1. The highest BCUT2D eigenvalue weighted by Gasteiger charge is 2.29. The summed E-state index contributed by atoms with van der Waals surface area (Å²) >= 11 is 11.7. The van der Waals surface area contributed by atoms with Crippen LogP contribution in [-0.4, -0.2) is 11.0 Å². The molecule has 0 spiro atoms. The molecule has 4 heteroatoms. The highest BCUT2D eigenvalue weighted by Crippen LogP contribution is 2.33. The molecule has 0 aliphatic heterocycles. The Morgan fingerprint density at radius 1 is 1.50 bits per heavy atom. The average molecular weight is 231 g/mol. The summed E-state index contributed by atoms with van der Waals surface area (Å²) in [4.78, 5) is 4.18. The Morgan fingerprint density at radius 3 is 2.79 bits per heavy atom. The number of nitrogens with zero attached hydrogens (tertiary/aromatic N) is 1. The number of pyridine rings is 1. The van der Waals surface area contributed by atoms with Gasteiger partial charge in [-0.1, -0.05) is 23.2 Å². The Balaban J connectivity index is 2.07. The number of rotatable bonds is 3. The number of hydrogen-bond donors (Lipinski definition) is 1. The zero-order valence-electron chi connectivity index (χ0n) is 7.71. The molecule has 1 aliphatic carbocycles. The van der Waals surface area contributed by atoms with Gasteiger partial charge < -0.3 is 5.73 Å². The molecule has 0 amide bonds. The standard InChI is InChI=1S/C10H12Cl2N2/c11-7-3-8(12)10(14-5-7)4-9(13)6-1-2-6/h3,5-6,9H,1-2,4,13H2. The predicted octanol–water partition coefficient (Wildman–Crippen LogP) is 2.67. The van der Waals surface area contributed by atoms with Gasteiger partial charge in [0.2, 0.25) is 0 Å². The summed E-state index contributed by atoms with van der Waals surface area (Å²) in [5, 5.41) is 1.19. The lowest BCUT2D eigenvalue weighted by Gasteiger charge is -2.10. The van der Waals surface area contributed by atoms with Crippen LogP contribution in [0, 0.1) is 5.92 Å². The molecule has 76 valence electrons. The second-order valence-electron chi connectivity index (χ2n) is 3.79. The maximum absolute atomic E-state index is 6.00. The van der Waals surface area contributed by atoms with E-state index < -0.39 is 0 Å². The summed E-state index contributed by atoms with van der Waals surface area (Å²) in [6.07, 6.45) is 4.85. The Hall–Kier alpha value is -0.310. The molecular weight excluding hydrogens is 219 g/mol. The minimum Gasteiger partial charge on any atom is -0.327 e. The number of halogens is 2. The Morgan fingerprint density at radius 2 is 2.21 bits per heavy atom. The van der Waals surface area contributed by atoms with E-state index in [1.807, 2.05) is 0 Å². The van der Waals surface area contributed by atoms with Crippen molar-refractivity contribution < 1.29 is 0 Å². The van der Waals surface area contributed by atoms with Crippen LogP contribution in [0.3, 0.4) is 0 Å². The Labute approximate surface area is 93.4 Å². The van der Waals surface area contributed by atoms with Crippen molar-refractivity contribution >= 4 is 23.2 Å². The van der Waals surface area contributed by atoms with Crippen LogP contribution in [0.5, 0.6) is 0 Å². The van der Waals surface area contributed by atoms with E-state index in [1.165, 1.54) is 12.8 Å². The molecule has 2 rings (SSSR count). The van der Waals surface area contributed by atoms with Gasteiger partial charge in [-0.05, 0) is 24.8 Å². The summed E-state index contributed by atoms with van der Waals surface area (Å²) in [6.45, 7) is 0. The van der Waals surface area contributed by atoms with E-state index in [1.54, 1.807) is 12.3 Å². The number of nitrogens with two attached hydrogens (primary N) is 1. The highest BCUT2D eigenvalue weighted by atomic mass is 35.5. The molecule has 1 unspecified atom stereocenters. The molecule has 1 aliphatic rings. The van der Waals surface area contributed by atoms with Crippen molar-refractivity contribution in [2.45, 2.75) is 25.3 Å². The SMILES string of the molecule is NC(Cc1ncc(Cl)cc1Cl)C1CC1. The topological polar surface area (TPSA) is 38.9 Å². The first-order valence-corrected chi connectivity index (χ1v) is 5.48. The van der Waals surface area contributed by atoms with Crippen LogP contribution in [-0.2, 0) is 6.42 Å². The lowest BCUT2D eigenvalue weighted by molar-refractivity contribution is 0.584. The van der Waals surface area contributed by atoms with Crippen LogP contribution >= 0.6 is 23.2 Å². The van der Waals surface area contributed by atoms with E-state index in [2.05, 4.69) is 4.98 Å². The molecule has 0 radical (unpaired) electrons. The normalized spacial score (nSPS) is 18.2. The van der Waals surface area contributed by atoms with Gasteiger partial charge in [-0.2, -0.15) is 0 Å². The molecule has 1 aromatic rings. The second-order valence-corrected chi connectivity index (χ2v) is 4.63. The first-order chi connectivity index (χ1) is 6.66. The van der Waals surface area contributed by atoms with Crippen LogP contribution in [0.15, 0.2) is 12.3 Å². The lowest BCUT2D eigenvalue weighted by atomic mass is 10.1. The quantitative estimate of drug-likeness (QED) is 0.868. The van der Waals surface area contributed by atoms with Gasteiger partial charge in [0, 0.05) is 18.7 Å². The molecule has 0 saturated heterocycles. The zero-order valence-corrected chi connectivity index (χ0v) is 9.22. The third kappa shape index (κ3) is 2.38. The molecule has 2 nitrogen and oxygen atoms in total. The van der Waals surface area contributed by atoms with Gasteiger partial charge in [-0.3, -0.25) is 4.98 Å². The molecule has 1 aromatic heterocycles. The van der Waals surface area contributed by atoms with Gasteiger partial charge in [0.15, 0.2) is 0 Å². The van der Waals surface area contributed by atoms with Gasteiger partial charge in [0.05, 0.1) is 15.7 Å². The van der Waals surface area contributed by atoms with Gasteiger partial charge in [0.25, 0.3) is 0 Å². The zero-order chi connectivity index (χ0) is 10.1. The van der Waals surface area contributed by atoms with E-state index in [0.717, 1.165) is 12.1 Å². The van der Waals surface area contributed by atoms with Crippen molar-refractivity contribution in [3.63, 3.8) is 0 Å². The first kappa shape index (κ1) is 10.2. The van der Waals surface area contributed by atoms with Crippen molar-refractivity contribution in [2.24, 2.45) is 11.7 Å². The van der Waals surface area contributed by atoms with Crippen LogP contribution < -0.4 is 5.73 Å². The van der Waals surface area contributed by atoms with Crippen LogP contribution in [0.4, 0.5) is 0 Å². The van der Waals surface area contributed by atoms with Crippen molar-refractivity contribution in [2.75, 3.05) is 0 Å². The minimum atomic E-state index is 0.196. The summed E-state index contributed by atoms with van der Waals surface area (Å²) in [6, 6.07) is 1.91. The number of hydrogen-bond acceptors (Lipinski definition) is 2. The maximum atomic E-state index is 6.00. The molecule has 1 fully saturated rings. The van der Waals surface area contributed by atoms with E-state index in [9.17, 15) is 0 Å². The molecule has 14 heavy (non-hydrogen) atoms. The Kier molecular flexibility index (Phi) is 2.96. The van der Waals surface area contributed by atoms with Crippen molar-refractivity contribution in [3.8, 4) is 0 Å². The predicted molar refractivity (Wildman–Crippen MR) is 58.7 cm³/mol. The second kappa shape index (κ2) is 4.05. The first-order valence-electron chi connectivity index (χ1n) is 4.72. The van der Waals surface area contributed by atoms with Crippen molar-refractivity contribution in [3.05, 3.63) is 28.0 Å². The molecular formula is C10H12Cl2N2. The summed E-state index contributed by atoms with van der Waals surface area (Å²) in [5.74, 6) is 0.670. The molecule has 2 N–H and O–H groups in total. The van der Waals surface area contributed by atoms with Gasteiger partial charge in [-0.15, -0.1) is 0 Å². The average Bonchev–Trinajstić information content (AvgIpc) is 2.92. The molecule has 0 bridgehead atoms. The summed E-state index contributed by atoms with van der Waals surface area (Å²) in [7, 11) is 0. The lowest BCUT2D eigenvalue weighted by Crippen LogP contribution is -2.25. The van der Waals surface area contributed by atoms with E-state index in [-0.39, 0.29) is 6.04 Å². The largest absolute Gasteiger partial charge is 0.327 e. The summed E-state index contributed by atoms with van der Waals surface area (Å²) in [5.41, 5.74) is 6.84. The fourth-order valence-electron chi connectivity index (χ4n) is 1.51. The van der Waals surface area contributed by atoms with Gasteiger partial charge >= 0.3 is 0 Å². The van der Waals surface area contributed by atoms with Gasteiger partial charge in [0.1, 0.15) is 0 Å². The van der Waals surface area contributed by atoms with Crippen molar-refractivity contribution in [1.82, 2.24) is 4.98 Å². The van der Waals surface area contributed by atoms with E-state index in [4.69, 9.17) is 28.9 Å². The minimum absolute atomic E-state index is 0.196. The van der Waals surface area contributed by atoms with Gasteiger partial charge in [-0.25, -0.2) is 0 Å². The fourth-order valence-corrected chi connectivity index (χ4v) is 1.96. The van der Waals surface area contributed by atoms with Crippen molar-refractivity contribution in [1.29, 1.82) is 0 Å². The molecule has 0 aromatic carbocycles. The monoisotopic (exact) mass is 230 g/mol. The van der Waals surface area contributed by atoms with E-state index >= 15 is 0 Å². The van der Waals surface area contributed by atoms with Crippen LogP contribution in [0.2, 0.25) is 10.0 Å². The Bertz CT molecular complexity index is 337. The fraction of sp³-hybridized carbons (Fsp3) is 0.500. The summed E-state index contributed by atoms with van der Waals surface area (Å²) < 4.78 is 0. The third-order valence-electron chi connectivity index (χ3n) is 2.54. The molecule has 1 heterocycles. The molecule has 1 atom stereocenters. The highest BCUT2D eigenvalue weighted by molar-refractivity contribution is 6.34. The molecule has 1 saturated carbocycles. The smallest absolute Gasteiger partial charge is 0.0636 e. The van der Waals surface area contributed by atoms with Crippen LogP contribution in [0.25, 0.3) is 0 Å². The maximum Gasteiger partial charge on any atom is 0.0636 e. The van der Waals surface area contributed by atoms with E-state index in [0.29, 0.717) is 16.0 Å². The van der Waals surface area contributed by atoms with Crippen LogP contribution in [0.1, 0.15) is 18.5 Å². The third-order valence-corrected chi connectivity index (χ3v) is 3.07.